The number of anilines is 1. The van der Waals surface area contributed by atoms with Gasteiger partial charge in [-0.05, 0) is 34.9 Å². The van der Waals surface area contributed by atoms with Crippen molar-refractivity contribution in [1.82, 2.24) is 20.0 Å². The van der Waals surface area contributed by atoms with Gasteiger partial charge < -0.3 is 5.32 Å². The molecule has 24 heavy (non-hydrogen) atoms. The minimum absolute atomic E-state index is 0.0235. The van der Waals surface area contributed by atoms with Crippen molar-refractivity contribution in [1.29, 1.82) is 5.26 Å². The minimum atomic E-state index is -0.815. The second kappa shape index (κ2) is 6.33. The molecule has 0 amide bonds. The van der Waals surface area contributed by atoms with Gasteiger partial charge in [-0.3, -0.25) is 4.52 Å². The number of halogens is 1. The predicted molar refractivity (Wildman–Crippen MR) is 78.8 cm³/mol. The van der Waals surface area contributed by atoms with Gasteiger partial charge in [0.1, 0.15) is 11.9 Å². The molecule has 1 aromatic carbocycles. The van der Waals surface area contributed by atoms with Crippen molar-refractivity contribution in [2.75, 3.05) is 11.9 Å². The second-order valence-corrected chi connectivity index (χ2v) is 4.77. The van der Waals surface area contributed by atoms with E-state index in [0.29, 0.717) is 12.4 Å². The van der Waals surface area contributed by atoms with Crippen LogP contribution in [0.15, 0.2) is 32.1 Å². The Morgan fingerprint density at radius 1 is 1.38 bits per heavy atom. The van der Waals surface area contributed by atoms with Crippen molar-refractivity contribution in [2.24, 2.45) is 0 Å². The Labute approximate surface area is 134 Å². The third kappa shape index (κ3) is 2.63. The van der Waals surface area contributed by atoms with Crippen molar-refractivity contribution in [2.45, 2.75) is 13.3 Å². The zero-order valence-corrected chi connectivity index (χ0v) is 12.5. The summed E-state index contributed by atoms with van der Waals surface area (Å²) in [5.41, 5.74) is 0.157. The second-order valence-electron chi connectivity index (χ2n) is 4.77. The molecule has 0 saturated carbocycles. The first-order valence-corrected chi connectivity index (χ1v) is 7.01. The number of hydrogen-bond donors (Lipinski definition) is 1. The van der Waals surface area contributed by atoms with Gasteiger partial charge in [-0.1, -0.05) is 12.1 Å². The first-order chi connectivity index (χ1) is 11.7. The smallest absolute Gasteiger partial charge is 0.365 e. The predicted octanol–water partition coefficient (Wildman–Crippen LogP) is 1.71. The maximum atomic E-state index is 13.5. The van der Waals surface area contributed by atoms with Gasteiger partial charge in [-0.15, -0.1) is 0 Å². The van der Waals surface area contributed by atoms with Crippen LogP contribution in [0.3, 0.4) is 0 Å². The number of nitrogens with zero attached hydrogens (tertiary/aromatic N) is 5. The minimum Gasteiger partial charge on any atom is -0.365 e. The SMILES string of the molecule is CCCNc1nonc1-c1noc(=O)n1-c1ccc(F)c(C#N)c1. The molecule has 0 atom stereocenters. The average molecular weight is 330 g/mol. The largest absolute Gasteiger partial charge is 0.446 e. The Hall–Kier alpha value is -3.48. The van der Waals surface area contributed by atoms with E-state index in [9.17, 15) is 9.18 Å². The Balaban J connectivity index is 2.13. The Bertz CT molecular complexity index is 968. The van der Waals surface area contributed by atoms with Crippen LogP contribution in [-0.2, 0) is 0 Å². The molecule has 10 heteroatoms. The number of nitrogens with one attached hydrogen (secondary N) is 1. The van der Waals surface area contributed by atoms with Crippen molar-refractivity contribution in [3.05, 3.63) is 40.1 Å². The number of rotatable bonds is 5. The van der Waals surface area contributed by atoms with Crippen LogP contribution in [0.4, 0.5) is 10.2 Å². The fourth-order valence-corrected chi connectivity index (χ4v) is 2.06. The van der Waals surface area contributed by atoms with Crippen LogP contribution in [0.2, 0.25) is 0 Å². The summed E-state index contributed by atoms with van der Waals surface area (Å²) in [6, 6.07) is 5.32. The Morgan fingerprint density at radius 3 is 2.96 bits per heavy atom. The van der Waals surface area contributed by atoms with Crippen molar-refractivity contribution < 1.29 is 13.5 Å². The standard InChI is InChI=1S/C14H11FN6O3/c1-2-5-17-12-11(18-24-19-12)13-20-23-14(22)21(13)9-3-4-10(15)8(6-9)7-16/h3-4,6H,2,5H2,1H3,(H,17,19). The summed E-state index contributed by atoms with van der Waals surface area (Å²) in [7, 11) is 0. The van der Waals surface area contributed by atoms with E-state index >= 15 is 0 Å². The molecule has 0 spiro atoms. The van der Waals surface area contributed by atoms with E-state index < -0.39 is 11.6 Å². The summed E-state index contributed by atoms with van der Waals surface area (Å²) >= 11 is 0. The number of benzene rings is 1. The maximum absolute atomic E-state index is 13.5. The van der Waals surface area contributed by atoms with Crippen LogP contribution in [-0.4, -0.2) is 26.6 Å². The van der Waals surface area contributed by atoms with Crippen LogP contribution in [0.25, 0.3) is 17.2 Å². The fourth-order valence-electron chi connectivity index (χ4n) is 2.06. The highest BCUT2D eigenvalue weighted by Crippen LogP contribution is 2.24. The van der Waals surface area contributed by atoms with Crippen LogP contribution in [0.5, 0.6) is 0 Å². The van der Waals surface area contributed by atoms with Crippen LogP contribution in [0.1, 0.15) is 18.9 Å². The van der Waals surface area contributed by atoms with Gasteiger partial charge in [-0.2, -0.15) is 5.26 Å². The summed E-state index contributed by atoms with van der Waals surface area (Å²) < 4.78 is 23.9. The molecular formula is C14H11FN6O3. The molecular weight excluding hydrogens is 319 g/mol. The molecule has 0 bridgehead atoms. The zero-order chi connectivity index (χ0) is 17.1. The van der Waals surface area contributed by atoms with Crippen LogP contribution < -0.4 is 11.1 Å². The molecule has 0 fully saturated rings. The van der Waals surface area contributed by atoms with Crippen molar-refractivity contribution in [3.63, 3.8) is 0 Å². The molecule has 122 valence electrons. The number of nitriles is 1. The lowest BCUT2D eigenvalue weighted by atomic mass is 10.2. The molecule has 3 rings (SSSR count). The highest BCUT2D eigenvalue weighted by atomic mass is 19.1. The Kier molecular flexibility index (Phi) is 4.07. The highest BCUT2D eigenvalue weighted by Gasteiger charge is 2.23. The fraction of sp³-hybridized carbons (Fsp3) is 0.214. The van der Waals surface area contributed by atoms with Gasteiger partial charge in [0.05, 0.1) is 11.3 Å². The molecule has 0 aliphatic heterocycles. The quantitative estimate of drug-likeness (QED) is 0.750. The van der Waals surface area contributed by atoms with E-state index in [2.05, 4.69) is 29.9 Å². The first-order valence-electron chi connectivity index (χ1n) is 7.01. The molecule has 2 aromatic heterocycles. The van der Waals surface area contributed by atoms with Gasteiger partial charge in [-0.25, -0.2) is 18.4 Å². The number of hydrogen-bond acceptors (Lipinski definition) is 8. The third-order valence-electron chi connectivity index (χ3n) is 3.18. The van der Waals surface area contributed by atoms with Crippen LogP contribution in [0, 0.1) is 17.1 Å². The molecule has 3 aromatic rings. The van der Waals surface area contributed by atoms with Crippen LogP contribution >= 0.6 is 0 Å². The lowest BCUT2D eigenvalue weighted by molar-refractivity contribution is 0.309. The lowest BCUT2D eigenvalue weighted by Gasteiger charge is -2.05. The van der Waals surface area contributed by atoms with E-state index in [0.717, 1.165) is 17.1 Å². The van der Waals surface area contributed by atoms with Gasteiger partial charge in [0.25, 0.3) is 0 Å². The molecule has 1 N–H and O–H groups in total. The number of aromatic nitrogens is 4. The third-order valence-corrected chi connectivity index (χ3v) is 3.18. The van der Waals surface area contributed by atoms with E-state index in [1.165, 1.54) is 12.1 Å². The molecule has 0 aliphatic rings. The van der Waals surface area contributed by atoms with Crippen molar-refractivity contribution in [3.8, 4) is 23.3 Å². The highest BCUT2D eigenvalue weighted by molar-refractivity contribution is 5.66. The van der Waals surface area contributed by atoms with Crippen molar-refractivity contribution >= 4 is 5.82 Å². The molecule has 0 unspecified atom stereocenters. The molecule has 9 nitrogen and oxygen atoms in total. The molecule has 0 radical (unpaired) electrons. The first kappa shape index (κ1) is 15.4. The Morgan fingerprint density at radius 2 is 2.21 bits per heavy atom. The van der Waals surface area contributed by atoms with Gasteiger partial charge in [0, 0.05) is 6.54 Å². The molecule has 2 heterocycles. The summed E-state index contributed by atoms with van der Waals surface area (Å²) in [6.45, 7) is 2.58. The van der Waals surface area contributed by atoms with Gasteiger partial charge in [0.15, 0.2) is 5.69 Å². The van der Waals surface area contributed by atoms with E-state index in [4.69, 9.17) is 5.26 Å². The summed E-state index contributed by atoms with van der Waals surface area (Å²) in [6.07, 6.45) is 0.835. The average Bonchev–Trinajstić information content (AvgIpc) is 3.19. The van der Waals surface area contributed by atoms with E-state index in [-0.39, 0.29) is 22.8 Å². The maximum Gasteiger partial charge on any atom is 0.446 e. The van der Waals surface area contributed by atoms with Gasteiger partial charge in [0.2, 0.25) is 11.6 Å². The normalized spacial score (nSPS) is 10.5. The molecule has 0 saturated heterocycles. The summed E-state index contributed by atoms with van der Waals surface area (Å²) in [5.74, 6) is -1.19. The summed E-state index contributed by atoms with van der Waals surface area (Å²) in [5, 5.41) is 23.0. The summed E-state index contributed by atoms with van der Waals surface area (Å²) in [4.78, 5) is 12.0. The van der Waals surface area contributed by atoms with E-state index in [1.54, 1.807) is 6.07 Å². The zero-order valence-electron chi connectivity index (χ0n) is 12.5. The van der Waals surface area contributed by atoms with E-state index in [1.807, 2.05) is 6.92 Å². The molecule has 0 aliphatic carbocycles. The lowest BCUT2D eigenvalue weighted by Crippen LogP contribution is -2.14. The topological polar surface area (TPSA) is 123 Å². The monoisotopic (exact) mass is 330 g/mol. The van der Waals surface area contributed by atoms with Gasteiger partial charge >= 0.3 is 5.76 Å².